The number of aliphatic hydroxyl groups is 1. The summed E-state index contributed by atoms with van der Waals surface area (Å²) < 4.78 is 6.37. The summed E-state index contributed by atoms with van der Waals surface area (Å²) in [6.45, 7) is 2.15. The highest BCUT2D eigenvalue weighted by molar-refractivity contribution is 5.62. The Hall–Kier alpha value is -1.30. The predicted octanol–water partition coefficient (Wildman–Crippen LogP) is 1.54. The minimum absolute atomic E-state index is 0.0494. The van der Waals surface area contributed by atoms with Crippen LogP contribution in [0.4, 0.5) is 0 Å². The van der Waals surface area contributed by atoms with Crippen molar-refractivity contribution in [2.24, 2.45) is 5.92 Å². The van der Waals surface area contributed by atoms with Crippen LogP contribution < -0.4 is 10.1 Å². The fourth-order valence-electron chi connectivity index (χ4n) is 6.73. The topological polar surface area (TPSA) is 65.0 Å². The normalized spacial score (nSPS) is 43.1. The number of likely N-dealkylation sites (tertiary alicyclic amines) is 1. The van der Waals surface area contributed by atoms with Crippen LogP contribution in [0.25, 0.3) is 0 Å². The smallest absolute Gasteiger partial charge is 0.165 e. The van der Waals surface area contributed by atoms with E-state index in [4.69, 9.17) is 4.74 Å². The van der Waals surface area contributed by atoms with Crippen molar-refractivity contribution in [2.45, 2.75) is 67.7 Å². The van der Waals surface area contributed by atoms with Crippen LogP contribution in [0.3, 0.4) is 0 Å². The third kappa shape index (κ3) is 1.73. The Morgan fingerprint density at radius 1 is 1.35 bits per heavy atom. The Kier molecular flexibility index (Phi) is 2.99. The summed E-state index contributed by atoms with van der Waals surface area (Å²) in [5.41, 5.74) is 1.26. The Morgan fingerprint density at radius 3 is 2.96 bits per heavy atom. The lowest BCUT2D eigenvalue weighted by Crippen LogP contribution is -2.77. The number of phenolic OH excluding ortho intramolecular Hbond substituents is 1. The number of aromatic hydroxyl groups is 1. The summed E-state index contributed by atoms with van der Waals surface area (Å²) in [7, 11) is 1.98. The maximum Gasteiger partial charge on any atom is 0.165 e. The molecular formula is C21H28N2O3. The number of piperidine rings is 1. The molecule has 1 saturated heterocycles. The van der Waals surface area contributed by atoms with Gasteiger partial charge in [-0.25, -0.2) is 0 Å². The van der Waals surface area contributed by atoms with E-state index in [1.165, 1.54) is 18.4 Å². The summed E-state index contributed by atoms with van der Waals surface area (Å²) in [6, 6.07) is 4.25. The number of nitrogens with one attached hydrogen (secondary N) is 1. The molecule has 1 aromatic carbocycles. The van der Waals surface area contributed by atoms with Gasteiger partial charge in [-0.1, -0.05) is 6.07 Å². The van der Waals surface area contributed by atoms with E-state index in [2.05, 4.69) is 16.3 Å². The summed E-state index contributed by atoms with van der Waals surface area (Å²) in [6.07, 6.45) is 6.08. The number of nitrogens with zero attached hydrogens (tertiary/aromatic N) is 1. The van der Waals surface area contributed by atoms with E-state index in [9.17, 15) is 10.2 Å². The van der Waals surface area contributed by atoms with E-state index in [1.807, 2.05) is 7.05 Å². The molecule has 6 rings (SSSR count). The van der Waals surface area contributed by atoms with Gasteiger partial charge in [0.05, 0.1) is 11.0 Å². The van der Waals surface area contributed by atoms with E-state index in [1.54, 1.807) is 6.07 Å². The summed E-state index contributed by atoms with van der Waals surface area (Å²) in [4.78, 5) is 2.58. The molecule has 5 atom stereocenters. The monoisotopic (exact) mass is 356 g/mol. The molecular weight excluding hydrogens is 328 g/mol. The van der Waals surface area contributed by atoms with Crippen LogP contribution in [-0.2, 0) is 11.8 Å². The van der Waals surface area contributed by atoms with Gasteiger partial charge < -0.3 is 20.3 Å². The Bertz CT molecular complexity index is 779. The molecule has 2 aliphatic heterocycles. The molecule has 1 spiro atoms. The minimum Gasteiger partial charge on any atom is -0.504 e. The largest absolute Gasteiger partial charge is 0.504 e. The first-order chi connectivity index (χ1) is 12.6. The zero-order chi connectivity index (χ0) is 17.7. The lowest BCUT2D eigenvalue weighted by atomic mass is 9.48. The number of hydrogen-bond donors (Lipinski definition) is 3. The molecule has 0 radical (unpaired) electrons. The predicted molar refractivity (Wildman–Crippen MR) is 97.6 cm³/mol. The van der Waals surface area contributed by atoms with E-state index in [0.29, 0.717) is 5.75 Å². The quantitative estimate of drug-likeness (QED) is 0.767. The van der Waals surface area contributed by atoms with Crippen LogP contribution in [0, 0.1) is 5.92 Å². The highest BCUT2D eigenvalue weighted by Crippen LogP contribution is 2.65. The van der Waals surface area contributed by atoms with Crippen molar-refractivity contribution in [1.82, 2.24) is 10.2 Å². The van der Waals surface area contributed by atoms with Crippen LogP contribution >= 0.6 is 0 Å². The van der Waals surface area contributed by atoms with Crippen molar-refractivity contribution in [3.63, 3.8) is 0 Å². The first kappa shape index (κ1) is 15.7. The molecule has 5 nitrogen and oxygen atoms in total. The summed E-state index contributed by atoms with van der Waals surface area (Å²) in [5, 5.41) is 26.1. The fraction of sp³-hybridized carbons (Fsp3) is 0.714. The standard InChI is InChI=1S/C21H28N2O3/c1-22-14-9-17-20-6-7-23(11-12-2-3-12)16(21(20,25)10-14)8-13-4-5-15(24)19(26-17)18(13)20/h4-5,12,14,16-17,22,24-25H,2-3,6-11H2,1H3/t14-,16+,17?,20+,21+/m0/s1. The zero-order valence-electron chi connectivity index (χ0n) is 15.4. The van der Waals surface area contributed by atoms with Crippen molar-refractivity contribution in [1.29, 1.82) is 0 Å². The SMILES string of the molecule is CN[C@H]1CC2Oc3c(O)ccc4c3[C@@]23CCN(CC2CC2)[C@H](C4)[C@]3(O)C1. The van der Waals surface area contributed by atoms with Gasteiger partial charge in [-0.3, -0.25) is 4.90 Å². The molecule has 1 aromatic rings. The average molecular weight is 356 g/mol. The third-order valence-electron chi connectivity index (χ3n) is 8.10. The Labute approximate surface area is 154 Å². The number of rotatable bonds is 3. The van der Waals surface area contributed by atoms with Crippen LogP contribution in [-0.4, -0.2) is 59.0 Å². The highest BCUT2D eigenvalue weighted by Gasteiger charge is 2.72. The highest BCUT2D eigenvalue weighted by atomic mass is 16.5. The Morgan fingerprint density at radius 2 is 2.19 bits per heavy atom. The van der Waals surface area contributed by atoms with Gasteiger partial charge >= 0.3 is 0 Å². The molecule has 5 aliphatic rings. The molecule has 3 N–H and O–H groups in total. The lowest BCUT2D eigenvalue weighted by molar-refractivity contribution is -0.190. The lowest BCUT2D eigenvalue weighted by Gasteiger charge is -2.64. The summed E-state index contributed by atoms with van der Waals surface area (Å²) >= 11 is 0. The third-order valence-corrected chi connectivity index (χ3v) is 8.10. The molecule has 2 saturated carbocycles. The van der Waals surface area contributed by atoms with Crippen LogP contribution in [0.2, 0.25) is 0 Å². The van der Waals surface area contributed by atoms with Crippen molar-refractivity contribution in [3.05, 3.63) is 23.3 Å². The minimum atomic E-state index is -0.789. The maximum absolute atomic E-state index is 12.3. The van der Waals surface area contributed by atoms with Crippen molar-refractivity contribution >= 4 is 0 Å². The molecule has 3 aliphatic carbocycles. The van der Waals surface area contributed by atoms with Gasteiger partial charge in [0, 0.05) is 30.6 Å². The molecule has 26 heavy (non-hydrogen) atoms. The zero-order valence-corrected chi connectivity index (χ0v) is 15.4. The Balaban J connectivity index is 1.54. The van der Waals surface area contributed by atoms with Gasteiger partial charge in [0.25, 0.3) is 0 Å². The van der Waals surface area contributed by atoms with Crippen molar-refractivity contribution < 1.29 is 14.9 Å². The van der Waals surface area contributed by atoms with Crippen molar-refractivity contribution in [2.75, 3.05) is 20.1 Å². The van der Waals surface area contributed by atoms with Crippen LogP contribution in [0.5, 0.6) is 11.5 Å². The number of phenols is 1. The average Bonchev–Trinajstić information content (AvgIpc) is 3.36. The number of ether oxygens (including phenoxy) is 1. The molecule has 3 fully saturated rings. The molecule has 1 unspecified atom stereocenters. The second kappa shape index (κ2) is 4.94. The van der Waals surface area contributed by atoms with Crippen LogP contribution in [0.15, 0.2) is 12.1 Å². The number of benzene rings is 1. The van der Waals surface area contributed by atoms with Gasteiger partial charge in [0.1, 0.15) is 6.10 Å². The molecule has 2 heterocycles. The molecule has 140 valence electrons. The van der Waals surface area contributed by atoms with E-state index in [-0.39, 0.29) is 29.4 Å². The first-order valence-electron chi connectivity index (χ1n) is 10.2. The maximum atomic E-state index is 12.3. The first-order valence-corrected chi connectivity index (χ1v) is 10.2. The van der Waals surface area contributed by atoms with Gasteiger partial charge in [0.2, 0.25) is 0 Å². The van der Waals surface area contributed by atoms with E-state index < -0.39 is 5.60 Å². The van der Waals surface area contributed by atoms with Gasteiger partial charge in [-0.15, -0.1) is 0 Å². The number of hydrogen-bond acceptors (Lipinski definition) is 5. The van der Waals surface area contributed by atoms with E-state index in [0.717, 1.165) is 50.3 Å². The van der Waals surface area contributed by atoms with Gasteiger partial charge in [0.15, 0.2) is 11.5 Å². The van der Waals surface area contributed by atoms with Crippen LogP contribution in [0.1, 0.15) is 43.2 Å². The second-order valence-electron chi connectivity index (χ2n) is 9.28. The molecule has 2 bridgehead atoms. The summed E-state index contributed by atoms with van der Waals surface area (Å²) in [5.74, 6) is 1.70. The fourth-order valence-corrected chi connectivity index (χ4v) is 6.73. The molecule has 0 aromatic heterocycles. The van der Waals surface area contributed by atoms with Gasteiger partial charge in [-0.05, 0) is 63.2 Å². The van der Waals surface area contributed by atoms with Crippen molar-refractivity contribution in [3.8, 4) is 11.5 Å². The van der Waals surface area contributed by atoms with Gasteiger partial charge in [-0.2, -0.15) is 0 Å². The second-order valence-corrected chi connectivity index (χ2v) is 9.28. The molecule has 5 heteroatoms. The van der Waals surface area contributed by atoms with E-state index >= 15 is 0 Å². The molecule has 0 amide bonds.